The van der Waals surface area contributed by atoms with E-state index in [1.807, 2.05) is 29.6 Å². The lowest BCUT2D eigenvalue weighted by Crippen LogP contribution is -1.98. The second kappa shape index (κ2) is 5.33. The summed E-state index contributed by atoms with van der Waals surface area (Å²) in [6.45, 7) is 0. The summed E-state index contributed by atoms with van der Waals surface area (Å²) in [5.74, 6) is 0. The van der Waals surface area contributed by atoms with Crippen molar-refractivity contribution >= 4 is 49.5 Å². The highest BCUT2D eigenvalue weighted by Crippen LogP contribution is 2.36. The highest BCUT2D eigenvalue weighted by atomic mass is 32.1. The number of nitrogens with zero attached hydrogens (tertiary/aromatic N) is 2. The van der Waals surface area contributed by atoms with E-state index in [0.29, 0.717) is 27.3 Å². The van der Waals surface area contributed by atoms with E-state index < -0.39 is 0 Å². The topological polar surface area (TPSA) is 87.7 Å². The number of azo groups is 1. The third-order valence-corrected chi connectivity index (χ3v) is 4.40. The Morgan fingerprint density at radius 2 is 1.74 bits per heavy atom. The zero-order valence-corrected chi connectivity index (χ0v) is 12.8. The minimum atomic E-state index is 0.103. The average Bonchev–Trinajstić information content (AvgIpc) is 2.99. The first kappa shape index (κ1) is 13.7. The van der Waals surface area contributed by atoms with Gasteiger partial charge in [0.15, 0.2) is 5.00 Å². The lowest BCUT2D eigenvalue weighted by Gasteiger charge is -1.99. The van der Waals surface area contributed by atoms with E-state index in [9.17, 15) is 0 Å². The monoisotopic (exact) mass is 320 g/mol. The number of para-hydroxylation sites is 1. The van der Waals surface area contributed by atoms with Crippen LogP contribution in [-0.4, -0.2) is 0 Å². The fourth-order valence-electron chi connectivity index (χ4n) is 2.42. The number of nitrogens with two attached hydrogens (primary N) is 1. The highest BCUT2D eigenvalue weighted by Gasteiger charge is 2.11. The predicted octanol–water partition coefficient (Wildman–Crippen LogP) is 5.12. The molecule has 0 amide bonds. The van der Waals surface area contributed by atoms with Gasteiger partial charge in [-0.2, -0.15) is 0 Å². The quantitative estimate of drug-likeness (QED) is 0.396. The van der Waals surface area contributed by atoms with Crippen molar-refractivity contribution in [2.45, 2.75) is 0 Å². The zero-order chi connectivity index (χ0) is 15.8. The Bertz CT molecular complexity index is 1090. The van der Waals surface area contributed by atoms with E-state index in [-0.39, 0.29) is 5.55 Å². The van der Waals surface area contributed by atoms with E-state index in [2.05, 4.69) is 10.2 Å². The maximum atomic E-state index is 8.14. The molecular formula is C17H12N4OS. The molecule has 0 unspecified atom stereocenters. The molecule has 5 nitrogen and oxygen atoms in total. The van der Waals surface area contributed by atoms with Gasteiger partial charge in [-0.3, -0.25) is 5.41 Å². The summed E-state index contributed by atoms with van der Waals surface area (Å²) in [5.41, 5.74) is 7.86. The minimum absolute atomic E-state index is 0.103. The molecule has 3 N–H and O–H groups in total. The number of anilines is 1. The summed E-state index contributed by atoms with van der Waals surface area (Å²) in [6.07, 6.45) is 0. The maximum Gasteiger partial charge on any atom is 0.223 e. The molecule has 2 aromatic heterocycles. The molecule has 0 radical (unpaired) electrons. The molecule has 4 rings (SSSR count). The summed E-state index contributed by atoms with van der Waals surface area (Å²) in [6, 6.07) is 14.8. The normalized spacial score (nSPS) is 11.7. The second-order valence-electron chi connectivity index (χ2n) is 5.05. The number of thiophene rings is 1. The standard InChI is InChI=1S/C17H12N4OS/c18-10-5-7-11(8-6-10)20-21-17-15-13(9-23-17)12-3-1-2-4-14(12)22-16(15)19/h1-9,19H,18H2. The second-order valence-corrected chi connectivity index (χ2v) is 5.91. The van der Waals surface area contributed by atoms with Gasteiger partial charge in [0, 0.05) is 21.8 Å². The lowest BCUT2D eigenvalue weighted by atomic mass is 10.1. The zero-order valence-electron chi connectivity index (χ0n) is 12.0. The maximum absolute atomic E-state index is 8.14. The summed E-state index contributed by atoms with van der Waals surface area (Å²) < 4.78 is 5.60. The molecule has 0 fully saturated rings. The molecule has 4 aromatic rings. The van der Waals surface area contributed by atoms with Gasteiger partial charge < -0.3 is 10.2 Å². The SMILES string of the molecule is N=c1oc2ccccc2c2csc(N=Nc3ccc(N)cc3)c12. The molecule has 0 saturated carbocycles. The smallest absolute Gasteiger partial charge is 0.223 e. The van der Waals surface area contributed by atoms with Crippen LogP contribution in [0.3, 0.4) is 0 Å². The molecule has 0 atom stereocenters. The van der Waals surface area contributed by atoms with Gasteiger partial charge in [0.2, 0.25) is 5.55 Å². The molecule has 0 saturated heterocycles. The number of rotatable bonds is 2. The number of hydrogen-bond acceptors (Lipinski definition) is 6. The first-order valence-electron chi connectivity index (χ1n) is 6.97. The molecule has 23 heavy (non-hydrogen) atoms. The minimum Gasteiger partial charge on any atom is -0.438 e. The third-order valence-electron chi connectivity index (χ3n) is 3.54. The Hall–Kier alpha value is -2.99. The Morgan fingerprint density at radius 1 is 0.957 bits per heavy atom. The molecular weight excluding hydrogens is 308 g/mol. The van der Waals surface area contributed by atoms with Gasteiger partial charge in [0.1, 0.15) is 5.58 Å². The summed E-state index contributed by atoms with van der Waals surface area (Å²) in [7, 11) is 0. The van der Waals surface area contributed by atoms with E-state index in [0.717, 1.165) is 10.8 Å². The van der Waals surface area contributed by atoms with Crippen molar-refractivity contribution in [3.05, 3.63) is 59.5 Å². The van der Waals surface area contributed by atoms with Gasteiger partial charge in [0.25, 0.3) is 0 Å². The van der Waals surface area contributed by atoms with Gasteiger partial charge >= 0.3 is 0 Å². The van der Waals surface area contributed by atoms with Crippen LogP contribution >= 0.6 is 11.3 Å². The van der Waals surface area contributed by atoms with Crippen LogP contribution < -0.4 is 11.3 Å². The van der Waals surface area contributed by atoms with Crippen LogP contribution in [0, 0.1) is 5.41 Å². The fourth-order valence-corrected chi connectivity index (χ4v) is 3.30. The predicted molar refractivity (Wildman–Crippen MR) is 92.5 cm³/mol. The number of fused-ring (bicyclic) bond motifs is 3. The van der Waals surface area contributed by atoms with Gasteiger partial charge in [-0.05, 0) is 30.3 Å². The van der Waals surface area contributed by atoms with Crippen LogP contribution in [0.2, 0.25) is 0 Å². The van der Waals surface area contributed by atoms with Crippen molar-refractivity contribution in [1.29, 1.82) is 5.41 Å². The molecule has 2 heterocycles. The Kier molecular flexibility index (Phi) is 3.17. The molecule has 0 aliphatic rings. The molecule has 0 spiro atoms. The molecule has 6 heteroatoms. The highest BCUT2D eigenvalue weighted by molar-refractivity contribution is 7.15. The van der Waals surface area contributed by atoms with Crippen LogP contribution in [-0.2, 0) is 0 Å². The van der Waals surface area contributed by atoms with E-state index >= 15 is 0 Å². The summed E-state index contributed by atoms with van der Waals surface area (Å²) >= 11 is 1.45. The van der Waals surface area contributed by atoms with Crippen molar-refractivity contribution in [2.75, 3.05) is 5.73 Å². The lowest BCUT2D eigenvalue weighted by molar-refractivity contribution is 0.543. The largest absolute Gasteiger partial charge is 0.438 e. The molecule has 0 aliphatic heterocycles. The van der Waals surface area contributed by atoms with Crippen molar-refractivity contribution in [2.24, 2.45) is 10.2 Å². The first-order chi connectivity index (χ1) is 11.2. The first-order valence-corrected chi connectivity index (χ1v) is 7.85. The van der Waals surface area contributed by atoms with Gasteiger partial charge in [-0.25, -0.2) is 0 Å². The Morgan fingerprint density at radius 3 is 2.57 bits per heavy atom. The van der Waals surface area contributed by atoms with E-state index in [1.165, 1.54) is 11.3 Å². The number of nitrogen functional groups attached to an aromatic ring is 1. The number of benzene rings is 2. The average molecular weight is 320 g/mol. The van der Waals surface area contributed by atoms with Crippen LogP contribution in [0.1, 0.15) is 0 Å². The van der Waals surface area contributed by atoms with Crippen LogP contribution in [0.15, 0.2) is 68.6 Å². The van der Waals surface area contributed by atoms with Gasteiger partial charge in [-0.1, -0.05) is 18.2 Å². The Labute approximate surface area is 135 Å². The third kappa shape index (κ3) is 2.39. The van der Waals surface area contributed by atoms with Crippen molar-refractivity contribution in [1.82, 2.24) is 0 Å². The van der Waals surface area contributed by atoms with Crippen molar-refractivity contribution in [3.63, 3.8) is 0 Å². The Balaban J connectivity index is 1.86. The van der Waals surface area contributed by atoms with E-state index in [1.54, 1.807) is 24.3 Å². The van der Waals surface area contributed by atoms with Crippen molar-refractivity contribution in [3.8, 4) is 0 Å². The van der Waals surface area contributed by atoms with E-state index in [4.69, 9.17) is 15.6 Å². The summed E-state index contributed by atoms with van der Waals surface area (Å²) in [5, 5.41) is 21.9. The fraction of sp³-hybridized carbons (Fsp3) is 0. The van der Waals surface area contributed by atoms with Gasteiger partial charge in [-0.15, -0.1) is 21.6 Å². The van der Waals surface area contributed by atoms with Gasteiger partial charge in [0.05, 0.1) is 11.1 Å². The van der Waals surface area contributed by atoms with Crippen LogP contribution in [0.5, 0.6) is 0 Å². The molecule has 0 bridgehead atoms. The molecule has 0 aliphatic carbocycles. The molecule has 112 valence electrons. The van der Waals surface area contributed by atoms with Crippen molar-refractivity contribution < 1.29 is 4.42 Å². The van der Waals surface area contributed by atoms with Crippen LogP contribution in [0.4, 0.5) is 16.4 Å². The molecule has 2 aromatic carbocycles. The summed E-state index contributed by atoms with van der Waals surface area (Å²) in [4.78, 5) is 0. The number of nitrogens with one attached hydrogen (secondary N) is 1. The number of hydrogen-bond donors (Lipinski definition) is 2. The van der Waals surface area contributed by atoms with Crippen LogP contribution in [0.25, 0.3) is 21.7 Å².